The highest BCUT2D eigenvalue weighted by molar-refractivity contribution is 9.10. The normalized spacial score (nSPS) is 10.4. The minimum Gasteiger partial charge on any atom is -0.497 e. The molecule has 3 nitrogen and oxygen atoms in total. The molecule has 0 aliphatic rings. The van der Waals surface area contributed by atoms with Gasteiger partial charge in [0.05, 0.1) is 17.3 Å². The summed E-state index contributed by atoms with van der Waals surface area (Å²) < 4.78 is 5.89. The SMILES string of the molecule is CCc1nc(-c2ccc(OC)cc2)nc(Cl)c1Br. The Bertz CT molecular complexity index is 558. The van der Waals surface area contributed by atoms with Crippen molar-refractivity contribution in [1.29, 1.82) is 0 Å². The second kappa shape index (κ2) is 5.67. The monoisotopic (exact) mass is 326 g/mol. The first-order valence-electron chi connectivity index (χ1n) is 5.52. The van der Waals surface area contributed by atoms with Gasteiger partial charge >= 0.3 is 0 Å². The molecule has 0 aliphatic carbocycles. The van der Waals surface area contributed by atoms with E-state index >= 15 is 0 Å². The summed E-state index contributed by atoms with van der Waals surface area (Å²) in [6.07, 6.45) is 0.798. The fraction of sp³-hybridized carbons (Fsp3) is 0.231. The number of methoxy groups -OCH3 is 1. The molecule has 0 saturated carbocycles. The lowest BCUT2D eigenvalue weighted by Crippen LogP contribution is -1.97. The number of nitrogens with zero attached hydrogens (tertiary/aromatic N) is 2. The Labute approximate surface area is 119 Å². The van der Waals surface area contributed by atoms with Crippen molar-refractivity contribution in [3.63, 3.8) is 0 Å². The van der Waals surface area contributed by atoms with E-state index in [4.69, 9.17) is 16.3 Å². The molecule has 0 saturated heterocycles. The minimum absolute atomic E-state index is 0.438. The van der Waals surface area contributed by atoms with Gasteiger partial charge in [0.25, 0.3) is 0 Å². The van der Waals surface area contributed by atoms with Crippen molar-refractivity contribution in [2.45, 2.75) is 13.3 Å². The zero-order valence-corrected chi connectivity index (χ0v) is 12.4. The molecule has 94 valence electrons. The standard InChI is InChI=1S/C13H12BrClN2O/c1-3-10-11(14)12(15)17-13(16-10)8-4-6-9(18-2)7-5-8/h4-7H,3H2,1-2H3. The molecule has 0 bridgehead atoms. The quantitative estimate of drug-likeness (QED) is 0.795. The number of aromatic nitrogens is 2. The Balaban J connectivity index is 2.46. The molecule has 0 spiro atoms. The second-order valence-electron chi connectivity index (χ2n) is 3.68. The third-order valence-corrected chi connectivity index (χ3v) is 3.90. The third kappa shape index (κ3) is 2.65. The number of benzene rings is 1. The predicted molar refractivity (Wildman–Crippen MR) is 76.1 cm³/mol. The predicted octanol–water partition coefficient (Wildman–Crippen LogP) is 4.13. The van der Waals surface area contributed by atoms with E-state index in [0.717, 1.165) is 27.9 Å². The van der Waals surface area contributed by atoms with E-state index in [0.29, 0.717) is 11.0 Å². The maximum Gasteiger partial charge on any atom is 0.161 e. The molecule has 5 heteroatoms. The van der Waals surface area contributed by atoms with Crippen LogP contribution in [0.2, 0.25) is 5.15 Å². The van der Waals surface area contributed by atoms with Crippen LogP contribution in [0.3, 0.4) is 0 Å². The lowest BCUT2D eigenvalue weighted by atomic mass is 10.2. The molecule has 2 aromatic rings. The van der Waals surface area contributed by atoms with Crippen molar-refractivity contribution < 1.29 is 4.74 Å². The molecule has 2 rings (SSSR count). The average Bonchev–Trinajstić information content (AvgIpc) is 2.42. The Morgan fingerprint density at radius 3 is 2.44 bits per heavy atom. The van der Waals surface area contributed by atoms with Crippen molar-refractivity contribution in [2.24, 2.45) is 0 Å². The maximum absolute atomic E-state index is 6.08. The molecule has 0 fully saturated rings. The van der Waals surface area contributed by atoms with Crippen molar-refractivity contribution in [1.82, 2.24) is 9.97 Å². The molecular formula is C13H12BrClN2O. The van der Waals surface area contributed by atoms with E-state index in [1.54, 1.807) is 7.11 Å². The molecule has 1 aromatic carbocycles. The summed E-state index contributed by atoms with van der Waals surface area (Å²) in [6.45, 7) is 2.03. The van der Waals surface area contributed by atoms with Crippen molar-refractivity contribution in [2.75, 3.05) is 7.11 Å². The third-order valence-electron chi connectivity index (χ3n) is 2.56. The molecule has 0 N–H and O–H groups in total. The van der Waals surface area contributed by atoms with Gasteiger partial charge in [-0.05, 0) is 46.6 Å². The smallest absolute Gasteiger partial charge is 0.161 e. The van der Waals surface area contributed by atoms with E-state index in [9.17, 15) is 0 Å². The highest BCUT2D eigenvalue weighted by Gasteiger charge is 2.10. The molecular weight excluding hydrogens is 316 g/mol. The molecule has 0 atom stereocenters. The molecule has 0 aliphatic heterocycles. The molecule has 0 unspecified atom stereocenters. The van der Waals surface area contributed by atoms with Crippen LogP contribution in [0, 0.1) is 0 Å². The maximum atomic E-state index is 6.08. The fourth-order valence-electron chi connectivity index (χ4n) is 1.57. The summed E-state index contributed by atoms with van der Waals surface area (Å²) in [7, 11) is 1.64. The van der Waals surface area contributed by atoms with Crippen LogP contribution in [0.15, 0.2) is 28.7 Å². The van der Waals surface area contributed by atoms with Crippen LogP contribution in [0.4, 0.5) is 0 Å². The van der Waals surface area contributed by atoms with Gasteiger partial charge in [-0.1, -0.05) is 18.5 Å². The summed E-state index contributed by atoms with van der Waals surface area (Å²) in [5.41, 5.74) is 1.82. The Morgan fingerprint density at radius 1 is 1.22 bits per heavy atom. The molecule has 0 amide bonds. The first kappa shape index (κ1) is 13.3. The van der Waals surface area contributed by atoms with Gasteiger partial charge in [-0.2, -0.15) is 0 Å². The number of ether oxygens (including phenoxy) is 1. The van der Waals surface area contributed by atoms with E-state index in [1.165, 1.54) is 0 Å². The topological polar surface area (TPSA) is 35.0 Å². The van der Waals surface area contributed by atoms with Crippen molar-refractivity contribution in [3.05, 3.63) is 39.6 Å². The molecule has 0 radical (unpaired) electrons. The second-order valence-corrected chi connectivity index (χ2v) is 4.83. The number of aryl methyl sites for hydroxylation is 1. The number of rotatable bonds is 3. The lowest BCUT2D eigenvalue weighted by molar-refractivity contribution is 0.415. The highest BCUT2D eigenvalue weighted by atomic mass is 79.9. The van der Waals surface area contributed by atoms with Crippen LogP contribution in [0.1, 0.15) is 12.6 Å². The molecule has 1 aromatic heterocycles. The van der Waals surface area contributed by atoms with Gasteiger partial charge in [0.1, 0.15) is 10.9 Å². The Morgan fingerprint density at radius 2 is 1.89 bits per heavy atom. The number of halogens is 2. The van der Waals surface area contributed by atoms with Gasteiger partial charge in [-0.3, -0.25) is 0 Å². The highest BCUT2D eigenvalue weighted by Crippen LogP contribution is 2.27. The largest absolute Gasteiger partial charge is 0.497 e. The van der Waals surface area contributed by atoms with Crippen LogP contribution < -0.4 is 4.74 Å². The van der Waals surface area contributed by atoms with Gasteiger partial charge in [0.15, 0.2) is 5.82 Å². The Kier molecular flexibility index (Phi) is 4.19. The van der Waals surface area contributed by atoms with E-state index in [2.05, 4.69) is 25.9 Å². The first-order chi connectivity index (χ1) is 8.65. The molecule has 1 heterocycles. The molecule has 18 heavy (non-hydrogen) atoms. The van der Waals surface area contributed by atoms with Crippen molar-refractivity contribution in [3.8, 4) is 17.1 Å². The Hall–Kier alpha value is -1.13. The lowest BCUT2D eigenvalue weighted by Gasteiger charge is -2.07. The minimum atomic E-state index is 0.438. The van der Waals surface area contributed by atoms with E-state index < -0.39 is 0 Å². The van der Waals surface area contributed by atoms with Gasteiger partial charge in [-0.15, -0.1) is 0 Å². The van der Waals surface area contributed by atoms with Gasteiger partial charge in [-0.25, -0.2) is 9.97 Å². The summed E-state index contributed by atoms with van der Waals surface area (Å²) in [5.74, 6) is 1.43. The number of hydrogen-bond donors (Lipinski definition) is 0. The van der Waals surface area contributed by atoms with Crippen LogP contribution >= 0.6 is 27.5 Å². The first-order valence-corrected chi connectivity index (χ1v) is 6.69. The summed E-state index contributed by atoms with van der Waals surface area (Å²) in [4.78, 5) is 8.77. The summed E-state index contributed by atoms with van der Waals surface area (Å²) in [6, 6.07) is 7.58. The van der Waals surface area contributed by atoms with Gasteiger partial charge < -0.3 is 4.74 Å². The van der Waals surface area contributed by atoms with Crippen molar-refractivity contribution >= 4 is 27.5 Å². The fourth-order valence-corrected chi connectivity index (χ4v) is 2.21. The van der Waals surface area contributed by atoms with Crippen LogP contribution in [-0.4, -0.2) is 17.1 Å². The zero-order valence-electron chi connectivity index (χ0n) is 10.1. The van der Waals surface area contributed by atoms with Crippen LogP contribution in [0.25, 0.3) is 11.4 Å². The zero-order chi connectivity index (χ0) is 13.1. The van der Waals surface area contributed by atoms with E-state index in [1.807, 2.05) is 31.2 Å². The average molecular weight is 328 g/mol. The van der Waals surface area contributed by atoms with Gasteiger partial charge in [0, 0.05) is 5.56 Å². The van der Waals surface area contributed by atoms with Gasteiger partial charge in [0.2, 0.25) is 0 Å². The number of hydrogen-bond acceptors (Lipinski definition) is 3. The van der Waals surface area contributed by atoms with Crippen LogP contribution in [-0.2, 0) is 6.42 Å². The van der Waals surface area contributed by atoms with E-state index in [-0.39, 0.29) is 0 Å². The summed E-state index contributed by atoms with van der Waals surface area (Å²) >= 11 is 9.48. The van der Waals surface area contributed by atoms with Crippen LogP contribution in [0.5, 0.6) is 5.75 Å². The summed E-state index contributed by atoms with van der Waals surface area (Å²) in [5, 5.41) is 0.438.